The molecule has 1 aromatic heterocycles. The van der Waals surface area contributed by atoms with Crippen molar-refractivity contribution in [2.45, 2.75) is 19.3 Å². The van der Waals surface area contributed by atoms with Crippen LogP contribution < -0.4 is 11.1 Å². The number of aromatic nitrogens is 3. The monoisotopic (exact) mass is 195 g/mol. The summed E-state index contributed by atoms with van der Waals surface area (Å²) in [5.74, 6) is 0.848. The Morgan fingerprint density at radius 1 is 1.64 bits per heavy atom. The number of carbonyl (C=O) groups excluding carboxylic acids is 1. The van der Waals surface area contributed by atoms with Crippen LogP contribution in [0.5, 0.6) is 0 Å². The average Bonchev–Trinajstić information content (AvgIpc) is 2.87. The SMILES string of the molecule is Nc1n[nH]c(C(=O)NCCC2CC2)n1. The Bertz CT molecular complexity index is 330. The van der Waals surface area contributed by atoms with Gasteiger partial charge < -0.3 is 11.1 Å². The van der Waals surface area contributed by atoms with Crippen LogP contribution in [0, 0.1) is 5.92 Å². The standard InChI is InChI=1S/C8H13N5O/c9-8-11-6(12-13-8)7(14)10-4-3-5-1-2-5/h5H,1-4H2,(H,10,14)(H3,9,11,12,13). The fourth-order valence-corrected chi connectivity index (χ4v) is 1.26. The molecule has 0 aliphatic heterocycles. The Kier molecular flexibility index (Phi) is 2.34. The van der Waals surface area contributed by atoms with Gasteiger partial charge in [-0.25, -0.2) is 0 Å². The van der Waals surface area contributed by atoms with E-state index in [9.17, 15) is 4.79 Å². The first-order valence-corrected chi connectivity index (χ1v) is 4.72. The number of H-pyrrole nitrogens is 1. The molecule has 0 spiro atoms. The molecule has 4 N–H and O–H groups in total. The summed E-state index contributed by atoms with van der Waals surface area (Å²) in [6.45, 7) is 0.699. The zero-order chi connectivity index (χ0) is 9.97. The molecule has 6 nitrogen and oxygen atoms in total. The molecule has 1 aromatic rings. The number of nitrogens with zero attached hydrogens (tertiary/aromatic N) is 2. The molecule has 2 rings (SSSR count). The molecule has 0 aromatic carbocycles. The van der Waals surface area contributed by atoms with Gasteiger partial charge in [0.2, 0.25) is 11.8 Å². The van der Waals surface area contributed by atoms with Crippen LogP contribution in [0.1, 0.15) is 29.9 Å². The summed E-state index contributed by atoms with van der Waals surface area (Å²) < 4.78 is 0. The highest BCUT2D eigenvalue weighted by molar-refractivity contribution is 5.90. The molecule has 1 fully saturated rings. The summed E-state index contributed by atoms with van der Waals surface area (Å²) in [5, 5.41) is 8.79. The van der Waals surface area contributed by atoms with E-state index < -0.39 is 0 Å². The second-order valence-electron chi connectivity index (χ2n) is 3.53. The number of nitrogen functional groups attached to an aromatic ring is 1. The first-order chi connectivity index (χ1) is 6.75. The minimum atomic E-state index is -0.241. The van der Waals surface area contributed by atoms with Crippen LogP contribution in [0.4, 0.5) is 5.95 Å². The molecule has 0 saturated heterocycles. The van der Waals surface area contributed by atoms with Gasteiger partial charge in [0.1, 0.15) is 0 Å². The molecule has 1 aliphatic rings. The van der Waals surface area contributed by atoms with Crippen molar-refractivity contribution in [2.24, 2.45) is 5.92 Å². The summed E-state index contributed by atoms with van der Waals surface area (Å²) in [6, 6.07) is 0. The maximum absolute atomic E-state index is 11.4. The van der Waals surface area contributed by atoms with E-state index in [1.54, 1.807) is 0 Å². The summed E-state index contributed by atoms with van der Waals surface area (Å²) in [6.07, 6.45) is 3.64. The van der Waals surface area contributed by atoms with Gasteiger partial charge in [-0.2, -0.15) is 4.98 Å². The van der Waals surface area contributed by atoms with Gasteiger partial charge in [-0.15, -0.1) is 5.10 Å². The van der Waals surface area contributed by atoms with Crippen LogP contribution in [-0.2, 0) is 0 Å². The number of carbonyl (C=O) groups is 1. The van der Waals surface area contributed by atoms with Crippen LogP contribution >= 0.6 is 0 Å². The Balaban J connectivity index is 1.76. The summed E-state index contributed by atoms with van der Waals surface area (Å²) >= 11 is 0. The maximum Gasteiger partial charge on any atom is 0.288 e. The van der Waals surface area contributed by atoms with Crippen LogP contribution in [0.15, 0.2) is 0 Å². The third-order valence-corrected chi connectivity index (χ3v) is 2.25. The number of hydrogen-bond acceptors (Lipinski definition) is 4. The first-order valence-electron chi connectivity index (χ1n) is 4.72. The fourth-order valence-electron chi connectivity index (χ4n) is 1.26. The molecule has 0 radical (unpaired) electrons. The topological polar surface area (TPSA) is 96.7 Å². The predicted octanol–water partition coefficient (Wildman–Crippen LogP) is -0.0832. The van der Waals surface area contributed by atoms with Gasteiger partial charge in [0.25, 0.3) is 5.91 Å². The molecule has 76 valence electrons. The van der Waals surface area contributed by atoms with Crippen molar-refractivity contribution in [3.05, 3.63) is 5.82 Å². The smallest absolute Gasteiger partial charge is 0.288 e. The van der Waals surface area contributed by atoms with Crippen LogP contribution in [0.2, 0.25) is 0 Å². The van der Waals surface area contributed by atoms with Gasteiger partial charge in [0.05, 0.1) is 0 Å². The Morgan fingerprint density at radius 3 is 3.00 bits per heavy atom. The zero-order valence-corrected chi connectivity index (χ0v) is 7.79. The van der Waals surface area contributed by atoms with E-state index in [1.165, 1.54) is 12.8 Å². The number of rotatable bonds is 4. The quantitative estimate of drug-likeness (QED) is 0.625. The largest absolute Gasteiger partial charge is 0.366 e. The van der Waals surface area contributed by atoms with Crippen LogP contribution in [0.3, 0.4) is 0 Å². The minimum absolute atomic E-state index is 0.0948. The lowest BCUT2D eigenvalue weighted by atomic mass is 10.3. The van der Waals surface area contributed by atoms with Crippen LogP contribution in [0.25, 0.3) is 0 Å². The Morgan fingerprint density at radius 2 is 2.43 bits per heavy atom. The van der Waals surface area contributed by atoms with Gasteiger partial charge >= 0.3 is 0 Å². The molecule has 1 saturated carbocycles. The van der Waals surface area contributed by atoms with Crippen molar-refractivity contribution in [1.82, 2.24) is 20.5 Å². The summed E-state index contributed by atoms with van der Waals surface area (Å²) in [5.41, 5.74) is 5.27. The number of hydrogen-bond donors (Lipinski definition) is 3. The van der Waals surface area contributed by atoms with E-state index in [4.69, 9.17) is 5.73 Å². The van der Waals surface area contributed by atoms with Crippen molar-refractivity contribution in [3.63, 3.8) is 0 Å². The Labute approximate surface area is 81.3 Å². The molecule has 14 heavy (non-hydrogen) atoms. The normalized spacial score (nSPS) is 15.4. The van der Waals surface area contributed by atoms with E-state index in [-0.39, 0.29) is 17.7 Å². The molecule has 0 bridgehead atoms. The zero-order valence-electron chi connectivity index (χ0n) is 7.79. The fraction of sp³-hybridized carbons (Fsp3) is 0.625. The lowest BCUT2D eigenvalue weighted by molar-refractivity contribution is 0.0943. The first kappa shape index (κ1) is 8.98. The van der Waals surface area contributed by atoms with Gasteiger partial charge in [-0.05, 0) is 12.3 Å². The highest BCUT2D eigenvalue weighted by Crippen LogP contribution is 2.31. The van der Waals surface area contributed by atoms with Gasteiger partial charge in [0.15, 0.2) is 0 Å². The van der Waals surface area contributed by atoms with Crippen molar-refractivity contribution in [2.75, 3.05) is 12.3 Å². The van der Waals surface area contributed by atoms with Crippen molar-refractivity contribution in [1.29, 1.82) is 0 Å². The molecule has 1 heterocycles. The Hall–Kier alpha value is -1.59. The van der Waals surface area contributed by atoms with E-state index >= 15 is 0 Å². The molecule has 1 amide bonds. The minimum Gasteiger partial charge on any atom is -0.366 e. The van der Waals surface area contributed by atoms with Crippen molar-refractivity contribution in [3.8, 4) is 0 Å². The molecule has 1 aliphatic carbocycles. The van der Waals surface area contributed by atoms with E-state index in [0.717, 1.165) is 12.3 Å². The van der Waals surface area contributed by atoms with Gasteiger partial charge in [-0.3, -0.25) is 9.89 Å². The summed E-state index contributed by atoms with van der Waals surface area (Å²) in [4.78, 5) is 15.1. The van der Waals surface area contributed by atoms with Gasteiger partial charge in [0, 0.05) is 6.54 Å². The van der Waals surface area contributed by atoms with E-state index in [0.29, 0.717) is 6.54 Å². The average molecular weight is 195 g/mol. The third kappa shape index (κ3) is 2.21. The molecule has 0 unspecified atom stereocenters. The van der Waals surface area contributed by atoms with Crippen molar-refractivity contribution < 1.29 is 4.79 Å². The number of nitrogens with two attached hydrogens (primary N) is 1. The predicted molar refractivity (Wildman–Crippen MR) is 50.5 cm³/mol. The van der Waals surface area contributed by atoms with E-state index in [2.05, 4.69) is 20.5 Å². The summed E-state index contributed by atoms with van der Waals surface area (Å²) in [7, 11) is 0. The lowest BCUT2D eigenvalue weighted by Gasteiger charge is -2.00. The molecule has 6 heteroatoms. The lowest BCUT2D eigenvalue weighted by Crippen LogP contribution is -2.25. The van der Waals surface area contributed by atoms with Crippen LogP contribution in [-0.4, -0.2) is 27.6 Å². The van der Waals surface area contributed by atoms with Gasteiger partial charge in [-0.1, -0.05) is 12.8 Å². The molecular weight excluding hydrogens is 182 g/mol. The molecule has 0 atom stereocenters. The number of anilines is 1. The van der Waals surface area contributed by atoms with Crippen molar-refractivity contribution >= 4 is 11.9 Å². The highest BCUT2D eigenvalue weighted by atomic mass is 16.2. The second-order valence-corrected chi connectivity index (χ2v) is 3.53. The maximum atomic E-state index is 11.4. The molecular formula is C8H13N5O. The third-order valence-electron chi connectivity index (χ3n) is 2.25. The highest BCUT2D eigenvalue weighted by Gasteiger charge is 2.21. The number of nitrogens with one attached hydrogen (secondary N) is 2. The van der Waals surface area contributed by atoms with E-state index in [1.807, 2.05) is 0 Å². The number of amides is 1. The number of aromatic amines is 1. The second kappa shape index (κ2) is 3.65.